The molecular formula is C26H31N5O3Si. The molecule has 2 aromatic carbocycles. The van der Waals surface area contributed by atoms with E-state index in [-0.39, 0.29) is 5.04 Å². The summed E-state index contributed by atoms with van der Waals surface area (Å²) in [5.74, 6) is 0.296. The van der Waals surface area contributed by atoms with Crippen LogP contribution in [0.15, 0.2) is 73.3 Å². The monoisotopic (exact) mass is 489 g/mol. The maximum absolute atomic E-state index is 11.4. The standard InChI is InChI=1S/C26H31N5O3Si/c1-17-21(32)22(25(33-17)31-16-30-20-23(27)28-15-29-24(20)31)34-35(26(2,3)4,18-11-7-5-8-12-18)19-13-9-6-10-14-19/h5-17,21-22,25,32H,1-4H3,(H2,27,28,29)/t17-,21-,22-,25-/m1/s1. The molecule has 1 aliphatic heterocycles. The van der Waals surface area contributed by atoms with Crippen molar-refractivity contribution in [3.63, 3.8) is 0 Å². The second kappa shape index (κ2) is 8.83. The van der Waals surface area contributed by atoms with Crippen LogP contribution >= 0.6 is 0 Å². The van der Waals surface area contributed by atoms with Crippen LogP contribution in [0.3, 0.4) is 0 Å². The summed E-state index contributed by atoms with van der Waals surface area (Å²) in [5.41, 5.74) is 7.06. The highest BCUT2D eigenvalue weighted by Gasteiger charge is 2.56. The molecule has 4 aromatic rings. The lowest BCUT2D eigenvalue weighted by atomic mass is 10.1. The molecule has 8 nitrogen and oxygen atoms in total. The molecule has 4 atom stereocenters. The van der Waals surface area contributed by atoms with Gasteiger partial charge in [0.05, 0.1) is 12.4 Å². The van der Waals surface area contributed by atoms with Gasteiger partial charge in [0.25, 0.3) is 8.32 Å². The first-order valence-corrected chi connectivity index (χ1v) is 13.7. The lowest BCUT2D eigenvalue weighted by Gasteiger charge is -2.45. The van der Waals surface area contributed by atoms with Gasteiger partial charge in [0, 0.05) is 0 Å². The SMILES string of the molecule is C[C@H]1O[C@@H](n2cnc3c(N)ncnc32)[C@H](O[Si](c2ccccc2)(c2ccccc2)C(C)(C)C)[C@@H]1O. The van der Waals surface area contributed by atoms with Crippen molar-refractivity contribution in [3.8, 4) is 0 Å². The van der Waals surface area contributed by atoms with E-state index in [1.807, 2.05) is 43.3 Å². The van der Waals surface area contributed by atoms with E-state index in [0.717, 1.165) is 10.4 Å². The minimum atomic E-state index is -2.95. The van der Waals surface area contributed by atoms with E-state index in [1.165, 1.54) is 6.33 Å². The van der Waals surface area contributed by atoms with Gasteiger partial charge in [-0.15, -0.1) is 0 Å². The number of ether oxygens (including phenoxy) is 1. The van der Waals surface area contributed by atoms with Crippen molar-refractivity contribution in [2.24, 2.45) is 0 Å². The molecule has 5 rings (SSSR count). The maximum atomic E-state index is 11.4. The van der Waals surface area contributed by atoms with Crippen molar-refractivity contribution in [3.05, 3.63) is 73.3 Å². The molecule has 1 saturated heterocycles. The minimum Gasteiger partial charge on any atom is -0.397 e. The van der Waals surface area contributed by atoms with Gasteiger partial charge in [0.2, 0.25) is 0 Å². The number of aliphatic hydroxyl groups excluding tert-OH is 1. The molecule has 3 N–H and O–H groups in total. The molecular weight excluding hydrogens is 458 g/mol. The molecule has 0 radical (unpaired) electrons. The van der Waals surface area contributed by atoms with Crippen LogP contribution in [-0.2, 0) is 9.16 Å². The van der Waals surface area contributed by atoms with E-state index in [9.17, 15) is 5.11 Å². The number of nitrogen functional groups attached to an aromatic ring is 1. The third-order valence-corrected chi connectivity index (χ3v) is 11.9. The maximum Gasteiger partial charge on any atom is 0.261 e. The van der Waals surface area contributed by atoms with Gasteiger partial charge in [-0.25, -0.2) is 15.0 Å². The second-order valence-electron chi connectivity index (χ2n) is 10.1. The van der Waals surface area contributed by atoms with Gasteiger partial charge in [0.1, 0.15) is 24.1 Å². The van der Waals surface area contributed by atoms with Gasteiger partial charge < -0.3 is 20.0 Å². The summed E-state index contributed by atoms with van der Waals surface area (Å²) >= 11 is 0. The molecule has 0 spiro atoms. The number of nitrogens with zero attached hydrogens (tertiary/aromatic N) is 4. The van der Waals surface area contributed by atoms with Crippen LogP contribution in [0.1, 0.15) is 33.9 Å². The number of aliphatic hydroxyl groups is 1. The van der Waals surface area contributed by atoms with E-state index in [1.54, 1.807) is 10.9 Å². The summed E-state index contributed by atoms with van der Waals surface area (Å²) in [6.07, 6.45) is 0.444. The highest BCUT2D eigenvalue weighted by molar-refractivity contribution is 6.99. The quantitative estimate of drug-likeness (QED) is 0.415. The molecule has 3 heterocycles. The summed E-state index contributed by atoms with van der Waals surface area (Å²) in [5, 5.41) is 13.4. The van der Waals surface area contributed by atoms with Crippen LogP contribution < -0.4 is 16.1 Å². The topological polar surface area (TPSA) is 108 Å². The normalized spacial score (nSPS) is 23.1. The number of hydrogen-bond acceptors (Lipinski definition) is 7. The van der Waals surface area contributed by atoms with Crippen molar-refractivity contribution >= 4 is 35.7 Å². The third kappa shape index (κ3) is 3.84. The Bertz CT molecular complexity index is 1270. The number of fused-ring (bicyclic) bond motifs is 1. The molecule has 0 amide bonds. The van der Waals surface area contributed by atoms with E-state index in [0.29, 0.717) is 17.0 Å². The number of aromatic nitrogens is 4. The highest BCUT2D eigenvalue weighted by Crippen LogP contribution is 2.42. The van der Waals surface area contributed by atoms with E-state index >= 15 is 0 Å². The van der Waals surface area contributed by atoms with E-state index in [2.05, 4.69) is 60.0 Å². The van der Waals surface area contributed by atoms with Crippen molar-refractivity contribution in [1.82, 2.24) is 19.5 Å². The van der Waals surface area contributed by atoms with Crippen LogP contribution in [-0.4, -0.2) is 51.3 Å². The van der Waals surface area contributed by atoms with E-state index in [4.69, 9.17) is 14.9 Å². The first-order chi connectivity index (χ1) is 16.7. The molecule has 9 heteroatoms. The van der Waals surface area contributed by atoms with Gasteiger partial charge >= 0.3 is 0 Å². The Hall–Kier alpha value is -3.11. The van der Waals surface area contributed by atoms with Crippen molar-refractivity contribution in [2.45, 2.75) is 57.3 Å². The number of nitrogens with two attached hydrogens (primary N) is 1. The lowest BCUT2D eigenvalue weighted by Crippen LogP contribution is -2.68. The predicted octanol–water partition coefficient (Wildman–Crippen LogP) is 2.63. The molecule has 0 unspecified atom stereocenters. The first kappa shape index (κ1) is 23.6. The van der Waals surface area contributed by atoms with Gasteiger partial charge in [-0.3, -0.25) is 4.57 Å². The Kier molecular flexibility index (Phi) is 5.96. The highest BCUT2D eigenvalue weighted by atomic mass is 28.4. The zero-order valence-electron chi connectivity index (χ0n) is 20.4. The van der Waals surface area contributed by atoms with Gasteiger partial charge in [-0.05, 0) is 22.3 Å². The zero-order valence-corrected chi connectivity index (χ0v) is 21.4. The Morgan fingerprint density at radius 3 is 2.14 bits per heavy atom. The fourth-order valence-corrected chi connectivity index (χ4v) is 9.80. The molecule has 0 saturated carbocycles. The number of imidazole rings is 1. The minimum absolute atomic E-state index is 0.255. The number of benzene rings is 2. The molecule has 2 aromatic heterocycles. The van der Waals surface area contributed by atoms with E-state index < -0.39 is 32.9 Å². The summed E-state index contributed by atoms with van der Waals surface area (Å²) < 4.78 is 15.3. The summed E-state index contributed by atoms with van der Waals surface area (Å²) in [4.78, 5) is 12.9. The average molecular weight is 490 g/mol. The Labute approximate surface area is 205 Å². The largest absolute Gasteiger partial charge is 0.397 e. The summed E-state index contributed by atoms with van der Waals surface area (Å²) in [6, 6.07) is 20.7. The Morgan fingerprint density at radius 1 is 0.971 bits per heavy atom. The van der Waals surface area contributed by atoms with Crippen LogP contribution in [0.2, 0.25) is 5.04 Å². The van der Waals surface area contributed by atoms with Gasteiger partial charge in [-0.1, -0.05) is 81.4 Å². The molecule has 0 aliphatic carbocycles. The predicted molar refractivity (Wildman–Crippen MR) is 138 cm³/mol. The van der Waals surface area contributed by atoms with Gasteiger partial charge in [0.15, 0.2) is 17.7 Å². The zero-order chi connectivity index (χ0) is 24.8. The molecule has 35 heavy (non-hydrogen) atoms. The van der Waals surface area contributed by atoms with Gasteiger partial charge in [-0.2, -0.15) is 0 Å². The van der Waals surface area contributed by atoms with Crippen molar-refractivity contribution in [2.75, 3.05) is 5.73 Å². The second-order valence-corrected chi connectivity index (χ2v) is 14.3. The Balaban J connectivity index is 1.68. The summed E-state index contributed by atoms with van der Waals surface area (Å²) in [6.45, 7) is 8.48. The molecule has 1 aliphatic rings. The lowest BCUT2D eigenvalue weighted by molar-refractivity contribution is -0.0251. The van der Waals surface area contributed by atoms with Crippen LogP contribution in [0.5, 0.6) is 0 Å². The third-order valence-electron chi connectivity index (χ3n) is 6.84. The first-order valence-electron chi connectivity index (χ1n) is 11.8. The molecule has 182 valence electrons. The van der Waals surface area contributed by atoms with Crippen LogP contribution in [0.4, 0.5) is 5.82 Å². The number of rotatable bonds is 5. The molecule has 1 fully saturated rings. The van der Waals surface area contributed by atoms with Crippen molar-refractivity contribution in [1.29, 1.82) is 0 Å². The number of hydrogen-bond donors (Lipinski definition) is 2. The average Bonchev–Trinajstić information content (AvgIpc) is 3.40. The van der Waals surface area contributed by atoms with Crippen LogP contribution in [0.25, 0.3) is 11.2 Å². The number of anilines is 1. The van der Waals surface area contributed by atoms with Crippen molar-refractivity contribution < 1.29 is 14.3 Å². The summed E-state index contributed by atoms with van der Waals surface area (Å²) in [7, 11) is -2.95. The molecule has 0 bridgehead atoms. The fourth-order valence-electron chi connectivity index (χ4n) is 5.12. The smallest absolute Gasteiger partial charge is 0.261 e. The Morgan fingerprint density at radius 2 is 1.57 bits per heavy atom. The fraction of sp³-hybridized carbons (Fsp3) is 0.346. The van der Waals surface area contributed by atoms with Crippen LogP contribution in [0, 0.1) is 0 Å².